The predicted molar refractivity (Wildman–Crippen MR) is 50.5 cm³/mol. The van der Waals surface area contributed by atoms with E-state index in [-0.39, 0.29) is 5.56 Å². The molecule has 0 fully saturated rings. The van der Waals surface area contributed by atoms with Crippen LogP contribution in [0.15, 0.2) is 4.79 Å². The van der Waals surface area contributed by atoms with Crippen LogP contribution in [0.3, 0.4) is 0 Å². The van der Waals surface area contributed by atoms with Gasteiger partial charge in [0.25, 0.3) is 5.56 Å². The maximum atomic E-state index is 11.2. The SMILES string of the molecule is Nc1c2c(n[nH]c1=O)CCCCC2. The normalized spacial score (nSPS) is 16.3. The fourth-order valence-corrected chi connectivity index (χ4v) is 1.80. The fraction of sp³-hybridized carbons (Fsp3) is 0.556. The average molecular weight is 179 g/mol. The second-order valence-electron chi connectivity index (χ2n) is 3.45. The summed E-state index contributed by atoms with van der Waals surface area (Å²) < 4.78 is 0. The molecule has 1 aliphatic rings. The first kappa shape index (κ1) is 8.29. The van der Waals surface area contributed by atoms with E-state index in [9.17, 15) is 4.79 Å². The Morgan fingerprint density at radius 1 is 1.23 bits per heavy atom. The van der Waals surface area contributed by atoms with Crippen LogP contribution < -0.4 is 11.3 Å². The number of aromatic nitrogens is 2. The minimum Gasteiger partial charge on any atom is -0.394 e. The third kappa shape index (κ3) is 1.43. The summed E-state index contributed by atoms with van der Waals surface area (Å²) >= 11 is 0. The Bertz CT molecular complexity index is 370. The first-order valence-corrected chi connectivity index (χ1v) is 4.65. The summed E-state index contributed by atoms with van der Waals surface area (Å²) in [6.45, 7) is 0. The maximum Gasteiger partial charge on any atom is 0.287 e. The van der Waals surface area contributed by atoms with Crippen molar-refractivity contribution in [2.45, 2.75) is 32.1 Å². The first-order chi connectivity index (χ1) is 6.29. The molecule has 0 aromatic carbocycles. The highest BCUT2D eigenvalue weighted by molar-refractivity contribution is 5.46. The molecule has 1 heterocycles. The molecule has 3 N–H and O–H groups in total. The highest BCUT2D eigenvalue weighted by atomic mass is 16.1. The van der Waals surface area contributed by atoms with Gasteiger partial charge in [-0.2, -0.15) is 5.10 Å². The molecule has 0 atom stereocenters. The van der Waals surface area contributed by atoms with E-state index in [0.29, 0.717) is 5.69 Å². The Hall–Kier alpha value is -1.32. The molecule has 0 bridgehead atoms. The Morgan fingerprint density at radius 3 is 2.85 bits per heavy atom. The van der Waals surface area contributed by atoms with Crippen LogP contribution in [0.5, 0.6) is 0 Å². The van der Waals surface area contributed by atoms with Crippen LogP contribution >= 0.6 is 0 Å². The van der Waals surface area contributed by atoms with Crippen LogP contribution in [0.25, 0.3) is 0 Å². The Kier molecular flexibility index (Phi) is 2.04. The summed E-state index contributed by atoms with van der Waals surface area (Å²) in [6, 6.07) is 0. The second-order valence-corrected chi connectivity index (χ2v) is 3.45. The second kappa shape index (κ2) is 3.20. The molecule has 0 radical (unpaired) electrons. The van der Waals surface area contributed by atoms with E-state index in [1.165, 1.54) is 6.42 Å². The van der Waals surface area contributed by atoms with Crippen LogP contribution in [0, 0.1) is 0 Å². The number of nitrogens with one attached hydrogen (secondary N) is 1. The number of fused-ring (bicyclic) bond motifs is 1. The zero-order valence-electron chi connectivity index (χ0n) is 7.47. The molecule has 0 saturated carbocycles. The van der Waals surface area contributed by atoms with Crippen molar-refractivity contribution in [3.63, 3.8) is 0 Å². The summed E-state index contributed by atoms with van der Waals surface area (Å²) in [7, 11) is 0. The number of hydrogen-bond acceptors (Lipinski definition) is 3. The molecule has 0 amide bonds. The molecule has 1 aliphatic carbocycles. The lowest BCUT2D eigenvalue weighted by atomic mass is 10.1. The van der Waals surface area contributed by atoms with Gasteiger partial charge in [0.15, 0.2) is 0 Å². The van der Waals surface area contributed by atoms with E-state index in [0.717, 1.165) is 36.9 Å². The highest BCUT2D eigenvalue weighted by Crippen LogP contribution is 2.20. The molecule has 70 valence electrons. The predicted octanol–water partition coefficient (Wildman–Crippen LogP) is 0.621. The lowest BCUT2D eigenvalue weighted by Gasteiger charge is -2.05. The number of rotatable bonds is 0. The van der Waals surface area contributed by atoms with E-state index in [2.05, 4.69) is 10.2 Å². The van der Waals surface area contributed by atoms with Crippen LogP contribution in [0.2, 0.25) is 0 Å². The minimum atomic E-state index is -0.249. The number of H-pyrrole nitrogens is 1. The molecule has 2 rings (SSSR count). The van der Waals surface area contributed by atoms with E-state index < -0.39 is 0 Å². The summed E-state index contributed by atoms with van der Waals surface area (Å²) in [5.41, 5.74) is 7.76. The molecule has 13 heavy (non-hydrogen) atoms. The topological polar surface area (TPSA) is 71.8 Å². The number of nitrogens with two attached hydrogens (primary N) is 1. The number of nitrogen functional groups attached to an aromatic ring is 1. The van der Waals surface area contributed by atoms with Crippen molar-refractivity contribution in [1.29, 1.82) is 0 Å². The monoisotopic (exact) mass is 179 g/mol. The van der Waals surface area contributed by atoms with Crippen LogP contribution in [0.4, 0.5) is 5.69 Å². The Balaban J connectivity index is 2.54. The van der Waals surface area contributed by atoms with Gasteiger partial charge in [-0.25, -0.2) is 5.10 Å². The van der Waals surface area contributed by atoms with Gasteiger partial charge in [0.1, 0.15) is 5.69 Å². The number of hydrogen-bond donors (Lipinski definition) is 2. The van der Waals surface area contributed by atoms with E-state index in [1.807, 2.05) is 0 Å². The third-order valence-electron chi connectivity index (χ3n) is 2.55. The van der Waals surface area contributed by atoms with Crippen molar-refractivity contribution in [2.75, 3.05) is 5.73 Å². The van der Waals surface area contributed by atoms with Crippen molar-refractivity contribution in [3.8, 4) is 0 Å². The number of nitrogens with zero attached hydrogens (tertiary/aromatic N) is 1. The van der Waals surface area contributed by atoms with Crippen molar-refractivity contribution < 1.29 is 0 Å². The van der Waals surface area contributed by atoms with Crippen LogP contribution in [-0.4, -0.2) is 10.2 Å². The largest absolute Gasteiger partial charge is 0.394 e. The standard InChI is InChI=1S/C9H13N3O/c10-8-6-4-2-1-3-5-7(6)11-12-9(8)13/h1-5H2,(H2,10,11)(H,12,13). The quantitative estimate of drug-likeness (QED) is 0.573. The molecule has 0 saturated heterocycles. The molecule has 4 nitrogen and oxygen atoms in total. The summed E-state index contributed by atoms with van der Waals surface area (Å²) in [5.74, 6) is 0. The minimum absolute atomic E-state index is 0.249. The molecule has 1 aromatic rings. The molecule has 0 unspecified atom stereocenters. The van der Waals surface area contributed by atoms with Gasteiger partial charge in [-0.15, -0.1) is 0 Å². The molecular formula is C9H13N3O. The maximum absolute atomic E-state index is 11.2. The number of aryl methyl sites for hydroxylation is 1. The average Bonchev–Trinajstić information content (AvgIpc) is 2.36. The first-order valence-electron chi connectivity index (χ1n) is 4.65. The summed E-state index contributed by atoms with van der Waals surface area (Å²) in [5, 5.41) is 6.45. The van der Waals surface area contributed by atoms with Crippen LogP contribution in [0.1, 0.15) is 30.5 Å². The van der Waals surface area contributed by atoms with Crippen molar-refractivity contribution in [1.82, 2.24) is 10.2 Å². The van der Waals surface area contributed by atoms with Gasteiger partial charge in [-0.3, -0.25) is 4.79 Å². The number of anilines is 1. The van der Waals surface area contributed by atoms with E-state index in [4.69, 9.17) is 5.73 Å². The lowest BCUT2D eigenvalue weighted by molar-refractivity contribution is 0.706. The summed E-state index contributed by atoms with van der Waals surface area (Å²) in [4.78, 5) is 11.2. The van der Waals surface area contributed by atoms with Crippen molar-refractivity contribution in [3.05, 3.63) is 21.6 Å². The molecular weight excluding hydrogens is 166 g/mol. The molecule has 4 heteroatoms. The van der Waals surface area contributed by atoms with Gasteiger partial charge < -0.3 is 5.73 Å². The van der Waals surface area contributed by atoms with Crippen molar-refractivity contribution >= 4 is 5.69 Å². The third-order valence-corrected chi connectivity index (χ3v) is 2.55. The van der Waals surface area contributed by atoms with Gasteiger partial charge in [-0.1, -0.05) is 6.42 Å². The van der Waals surface area contributed by atoms with Gasteiger partial charge in [0.2, 0.25) is 0 Å². The zero-order chi connectivity index (χ0) is 9.26. The Morgan fingerprint density at radius 2 is 2.00 bits per heavy atom. The zero-order valence-corrected chi connectivity index (χ0v) is 7.47. The highest BCUT2D eigenvalue weighted by Gasteiger charge is 2.13. The van der Waals surface area contributed by atoms with Crippen LogP contribution in [-0.2, 0) is 12.8 Å². The molecule has 0 aliphatic heterocycles. The van der Waals surface area contributed by atoms with Gasteiger partial charge in [0.05, 0.1) is 5.69 Å². The Labute approximate surface area is 76.2 Å². The molecule has 0 spiro atoms. The van der Waals surface area contributed by atoms with Gasteiger partial charge in [0, 0.05) is 5.56 Å². The number of aromatic amines is 1. The molecule has 1 aromatic heterocycles. The fourth-order valence-electron chi connectivity index (χ4n) is 1.80. The lowest BCUT2D eigenvalue weighted by Crippen LogP contribution is -2.18. The summed E-state index contributed by atoms with van der Waals surface area (Å²) in [6.07, 6.45) is 5.30. The van der Waals surface area contributed by atoms with Gasteiger partial charge in [-0.05, 0) is 25.7 Å². The van der Waals surface area contributed by atoms with E-state index in [1.54, 1.807) is 0 Å². The smallest absolute Gasteiger partial charge is 0.287 e. The van der Waals surface area contributed by atoms with Crippen molar-refractivity contribution in [2.24, 2.45) is 0 Å². The van der Waals surface area contributed by atoms with E-state index >= 15 is 0 Å². The van der Waals surface area contributed by atoms with Gasteiger partial charge >= 0.3 is 0 Å².